The van der Waals surface area contributed by atoms with E-state index in [9.17, 15) is 19.2 Å². The molecule has 45 heavy (non-hydrogen) atoms. The number of nitrogens with one attached hydrogen (secondary N) is 1. The zero-order chi connectivity index (χ0) is 32.7. The Kier molecular flexibility index (Phi) is 9.08. The quantitative estimate of drug-likeness (QED) is 0.361. The minimum Gasteiger partial charge on any atom is -0.458 e. The van der Waals surface area contributed by atoms with Crippen LogP contribution >= 0.6 is 0 Å². The van der Waals surface area contributed by atoms with Crippen LogP contribution < -0.4 is 5.32 Å². The summed E-state index contributed by atoms with van der Waals surface area (Å²) in [6.07, 6.45) is 5.91. The summed E-state index contributed by atoms with van der Waals surface area (Å²) in [4.78, 5) is 58.9. The van der Waals surface area contributed by atoms with Crippen molar-refractivity contribution in [2.75, 3.05) is 13.2 Å². The Labute approximate surface area is 265 Å². The number of hydrogen-bond donors (Lipinski definition) is 1. The number of carbonyl (C=O) groups excluding carboxylic acids is 4. The second-order valence-corrected chi connectivity index (χ2v) is 14.0. The van der Waals surface area contributed by atoms with Crippen molar-refractivity contribution in [1.82, 2.24) is 10.3 Å². The minimum atomic E-state index is -1.24. The average molecular weight is 619 g/mol. The van der Waals surface area contributed by atoms with Crippen LogP contribution in [0.1, 0.15) is 73.3 Å². The third kappa shape index (κ3) is 6.09. The summed E-state index contributed by atoms with van der Waals surface area (Å²) in [5.41, 5.74) is -1.19. The van der Waals surface area contributed by atoms with Crippen LogP contribution in [0.15, 0.2) is 42.6 Å². The largest absolute Gasteiger partial charge is 0.458 e. The number of ether oxygens (including phenoxy) is 3. The van der Waals surface area contributed by atoms with E-state index in [1.54, 1.807) is 20.8 Å². The molecule has 3 aliphatic heterocycles. The molecule has 9 atom stereocenters. The Morgan fingerprint density at radius 2 is 1.73 bits per heavy atom. The zero-order valence-electron chi connectivity index (χ0n) is 27.4. The summed E-state index contributed by atoms with van der Waals surface area (Å²) in [6, 6.07) is 9.28. The van der Waals surface area contributed by atoms with Crippen LogP contribution in [0.5, 0.6) is 0 Å². The summed E-state index contributed by atoms with van der Waals surface area (Å²) >= 11 is 0. The van der Waals surface area contributed by atoms with Crippen molar-refractivity contribution in [3.8, 4) is 0 Å². The highest BCUT2D eigenvalue weighted by Crippen LogP contribution is 2.53. The molecule has 1 aromatic heterocycles. The Hall–Kier alpha value is -3.43. The van der Waals surface area contributed by atoms with Gasteiger partial charge < -0.3 is 19.5 Å². The predicted molar refractivity (Wildman–Crippen MR) is 170 cm³/mol. The van der Waals surface area contributed by atoms with Crippen LogP contribution in [0.3, 0.4) is 0 Å². The molecule has 0 radical (unpaired) electrons. The average Bonchev–Trinajstić information content (AvgIpc) is 3.51. The molecule has 3 saturated heterocycles. The van der Waals surface area contributed by atoms with Gasteiger partial charge in [-0.2, -0.15) is 0 Å². The number of hydrogen-bond acceptors (Lipinski definition) is 9. The molecule has 2 aromatic rings. The number of pyridine rings is 1. The molecule has 9 nitrogen and oxygen atoms in total. The SMILES string of the molecule is CC[C@@H]1OC(=O)[C@H](C)C(=O)[C@H](C)C[C@](C)(OCC=Cc2cnc3ccccc3c2)C[C@@H](C)C(=O)[C@]2(C)CN[C@H]3C(=O)O[C@@]1(C)C32. The van der Waals surface area contributed by atoms with Crippen molar-refractivity contribution < 1.29 is 33.4 Å². The summed E-state index contributed by atoms with van der Waals surface area (Å²) in [5.74, 6) is -3.91. The van der Waals surface area contributed by atoms with Gasteiger partial charge in [-0.15, -0.1) is 0 Å². The number of rotatable bonds is 5. The molecule has 5 rings (SSSR count). The molecule has 0 aliphatic carbocycles. The smallest absolute Gasteiger partial charge is 0.324 e. The van der Waals surface area contributed by atoms with Gasteiger partial charge in [0.1, 0.15) is 29.6 Å². The third-order valence-corrected chi connectivity index (χ3v) is 10.4. The van der Waals surface area contributed by atoms with Crippen molar-refractivity contribution in [1.29, 1.82) is 0 Å². The van der Waals surface area contributed by atoms with Crippen LogP contribution in [0, 0.1) is 29.1 Å². The number of aromatic nitrogens is 1. The van der Waals surface area contributed by atoms with Gasteiger partial charge in [0.25, 0.3) is 0 Å². The van der Waals surface area contributed by atoms with E-state index in [2.05, 4.69) is 16.4 Å². The molecule has 0 amide bonds. The van der Waals surface area contributed by atoms with Crippen LogP contribution in [0.2, 0.25) is 0 Å². The van der Waals surface area contributed by atoms with Gasteiger partial charge in [-0.1, -0.05) is 58.0 Å². The number of para-hydroxylation sites is 1. The standard InChI is InChI=1S/C36H46N2O7/c1-8-27-36(7)30-28(33(42)45-36)38-20-35(30,6)31(40)22(3)18-34(5,17-21(2)29(39)23(4)32(41)44-27)43-15-11-12-24-16-25-13-9-10-14-26(25)37-19-24/h9-14,16,19,21-23,27-28,30,38H,8,15,17-18,20H2,1-7H3/t21-,22-,23-,27+,28-,30?,34+,35-,36-/m1/s1. The Balaban J connectivity index is 1.44. The number of carbonyl (C=O) groups is 4. The van der Waals surface area contributed by atoms with Gasteiger partial charge in [-0.25, -0.2) is 0 Å². The fourth-order valence-electron chi connectivity index (χ4n) is 8.21. The first kappa shape index (κ1) is 32.9. The number of esters is 2. The van der Waals surface area contributed by atoms with Crippen molar-refractivity contribution in [3.05, 3.63) is 48.2 Å². The normalized spacial score (nSPS) is 37.8. The van der Waals surface area contributed by atoms with E-state index in [0.29, 0.717) is 25.8 Å². The molecule has 3 fully saturated rings. The first-order valence-corrected chi connectivity index (χ1v) is 16.1. The summed E-state index contributed by atoms with van der Waals surface area (Å²) in [7, 11) is 0. The van der Waals surface area contributed by atoms with Crippen LogP contribution in [0.25, 0.3) is 17.0 Å². The first-order valence-electron chi connectivity index (χ1n) is 16.1. The van der Waals surface area contributed by atoms with E-state index in [0.717, 1.165) is 16.5 Å². The van der Waals surface area contributed by atoms with Gasteiger partial charge in [0.05, 0.1) is 17.7 Å². The number of fused-ring (bicyclic) bond motifs is 1. The monoisotopic (exact) mass is 618 g/mol. The topological polar surface area (TPSA) is 121 Å². The van der Waals surface area contributed by atoms with E-state index < -0.39 is 64.4 Å². The first-order chi connectivity index (χ1) is 21.2. The number of Topliss-reactive ketones (excluding diaryl/α,β-unsaturated/α-hetero) is 2. The van der Waals surface area contributed by atoms with Crippen molar-refractivity contribution in [2.45, 2.75) is 91.1 Å². The molecule has 1 unspecified atom stereocenters. The molecule has 1 N–H and O–H groups in total. The van der Waals surface area contributed by atoms with E-state index in [4.69, 9.17) is 14.2 Å². The van der Waals surface area contributed by atoms with E-state index in [1.807, 2.05) is 70.3 Å². The lowest BCUT2D eigenvalue weighted by Crippen LogP contribution is -2.56. The maximum absolute atomic E-state index is 14.4. The number of benzene rings is 1. The lowest BCUT2D eigenvalue weighted by molar-refractivity contribution is -0.186. The van der Waals surface area contributed by atoms with E-state index in [-0.39, 0.29) is 18.2 Å². The fourth-order valence-corrected chi connectivity index (χ4v) is 8.21. The molecule has 4 heterocycles. The van der Waals surface area contributed by atoms with Gasteiger partial charge in [0, 0.05) is 41.3 Å². The van der Waals surface area contributed by atoms with Gasteiger partial charge in [0.15, 0.2) is 5.60 Å². The van der Waals surface area contributed by atoms with Gasteiger partial charge in [0.2, 0.25) is 0 Å². The highest BCUT2D eigenvalue weighted by molar-refractivity contribution is 6.00. The number of nitrogens with zero attached hydrogens (tertiary/aromatic N) is 1. The lowest BCUT2D eigenvalue weighted by Gasteiger charge is -2.44. The summed E-state index contributed by atoms with van der Waals surface area (Å²) < 4.78 is 18.4. The Bertz CT molecular complexity index is 1520. The van der Waals surface area contributed by atoms with Crippen molar-refractivity contribution >= 4 is 40.5 Å². The molecular formula is C36H46N2O7. The van der Waals surface area contributed by atoms with Gasteiger partial charge in [-0.3, -0.25) is 24.2 Å². The van der Waals surface area contributed by atoms with Crippen LogP contribution in [-0.2, 0) is 33.4 Å². The highest BCUT2D eigenvalue weighted by atomic mass is 16.6. The van der Waals surface area contributed by atoms with Gasteiger partial charge in [-0.05, 0) is 57.7 Å². The number of ketones is 2. The molecule has 0 spiro atoms. The zero-order valence-corrected chi connectivity index (χ0v) is 27.4. The van der Waals surface area contributed by atoms with Crippen molar-refractivity contribution in [2.24, 2.45) is 29.1 Å². The molecule has 242 valence electrons. The predicted octanol–water partition coefficient (Wildman–Crippen LogP) is 5.10. The maximum Gasteiger partial charge on any atom is 0.324 e. The molecule has 0 bridgehead atoms. The number of cyclic esters (lactones) is 1. The minimum absolute atomic E-state index is 0.00906. The third-order valence-electron chi connectivity index (χ3n) is 10.4. The van der Waals surface area contributed by atoms with Gasteiger partial charge >= 0.3 is 11.9 Å². The second kappa shape index (κ2) is 12.4. The molecule has 3 aliphatic rings. The Morgan fingerprint density at radius 1 is 1.02 bits per heavy atom. The van der Waals surface area contributed by atoms with Crippen molar-refractivity contribution in [3.63, 3.8) is 0 Å². The lowest BCUT2D eigenvalue weighted by atomic mass is 9.62. The molecular weight excluding hydrogens is 572 g/mol. The van der Waals surface area contributed by atoms with Crippen LogP contribution in [-0.4, -0.2) is 65.0 Å². The molecule has 9 heteroatoms. The van der Waals surface area contributed by atoms with Crippen LogP contribution in [0.4, 0.5) is 0 Å². The van der Waals surface area contributed by atoms with E-state index >= 15 is 0 Å². The highest BCUT2D eigenvalue weighted by Gasteiger charge is 2.69. The van der Waals surface area contributed by atoms with E-state index in [1.165, 1.54) is 0 Å². The summed E-state index contributed by atoms with van der Waals surface area (Å²) in [5, 5.41) is 4.28. The molecule has 0 saturated carbocycles. The Morgan fingerprint density at radius 3 is 2.47 bits per heavy atom. The maximum atomic E-state index is 14.4. The fraction of sp³-hybridized carbons (Fsp3) is 0.583. The molecule has 1 aromatic carbocycles. The second-order valence-electron chi connectivity index (χ2n) is 14.0. The summed E-state index contributed by atoms with van der Waals surface area (Å²) in [6.45, 7) is 13.2.